The number of halogens is 1. The third-order valence-electron chi connectivity index (χ3n) is 3.10. The number of hydrogen-bond acceptors (Lipinski definition) is 4. The zero-order valence-corrected chi connectivity index (χ0v) is 11.8. The lowest BCUT2D eigenvalue weighted by Gasteiger charge is -2.16. The molecule has 0 amide bonds. The highest BCUT2D eigenvalue weighted by atomic mass is 32.2. The zero-order valence-electron chi connectivity index (χ0n) is 11.0. The van der Waals surface area contributed by atoms with Gasteiger partial charge in [0, 0.05) is 18.9 Å². The molecule has 2 aromatic rings. The fraction of sp³-hybridized carbons (Fsp3) is 0.214. The molecule has 0 bridgehead atoms. The molecule has 0 aliphatic carbocycles. The SMILES string of the molecule is Cc1cc(S(=O)(=O)[C@@H](CN)c2cccnc2)ccc1F. The minimum atomic E-state index is -3.68. The molecule has 1 aromatic carbocycles. The van der Waals surface area contributed by atoms with Gasteiger partial charge in [-0.25, -0.2) is 12.8 Å². The molecule has 4 nitrogen and oxygen atoms in total. The van der Waals surface area contributed by atoms with Gasteiger partial charge in [0.2, 0.25) is 0 Å². The molecule has 1 atom stereocenters. The third-order valence-corrected chi connectivity index (χ3v) is 5.23. The van der Waals surface area contributed by atoms with Gasteiger partial charge in [0.15, 0.2) is 9.84 Å². The molecule has 2 rings (SSSR count). The fourth-order valence-electron chi connectivity index (χ4n) is 1.97. The number of pyridine rings is 1. The summed E-state index contributed by atoms with van der Waals surface area (Å²) in [5, 5.41) is -0.888. The molecular formula is C14H15FN2O2S. The van der Waals surface area contributed by atoms with Gasteiger partial charge in [-0.2, -0.15) is 0 Å². The highest BCUT2D eigenvalue weighted by molar-refractivity contribution is 7.91. The topological polar surface area (TPSA) is 73.0 Å². The highest BCUT2D eigenvalue weighted by Crippen LogP contribution is 2.28. The summed E-state index contributed by atoms with van der Waals surface area (Å²) in [6.45, 7) is 1.46. The molecule has 106 valence electrons. The molecule has 0 aliphatic rings. The van der Waals surface area contributed by atoms with Crippen molar-refractivity contribution in [1.29, 1.82) is 0 Å². The van der Waals surface area contributed by atoms with Crippen LogP contribution in [0.2, 0.25) is 0 Å². The zero-order chi connectivity index (χ0) is 14.8. The second-order valence-corrected chi connectivity index (χ2v) is 6.60. The normalized spacial score (nSPS) is 13.2. The third kappa shape index (κ3) is 2.71. The Labute approximate surface area is 117 Å². The molecule has 0 aliphatic heterocycles. The van der Waals surface area contributed by atoms with Crippen LogP contribution >= 0.6 is 0 Å². The molecule has 0 fully saturated rings. The lowest BCUT2D eigenvalue weighted by Crippen LogP contribution is -2.22. The summed E-state index contributed by atoms with van der Waals surface area (Å²) >= 11 is 0. The first-order chi connectivity index (χ1) is 9.46. The lowest BCUT2D eigenvalue weighted by molar-refractivity contribution is 0.580. The van der Waals surface area contributed by atoms with E-state index in [1.54, 1.807) is 18.3 Å². The van der Waals surface area contributed by atoms with E-state index < -0.39 is 20.9 Å². The van der Waals surface area contributed by atoms with Gasteiger partial charge in [0.05, 0.1) is 4.90 Å². The first-order valence-corrected chi connectivity index (χ1v) is 7.61. The van der Waals surface area contributed by atoms with Crippen LogP contribution in [-0.2, 0) is 9.84 Å². The van der Waals surface area contributed by atoms with Crippen LogP contribution in [0.5, 0.6) is 0 Å². The standard InChI is InChI=1S/C14H15FN2O2S/c1-10-7-12(4-5-13(10)15)20(18,19)14(8-16)11-3-2-6-17-9-11/h2-7,9,14H,8,16H2,1H3/t14-/m0/s1. The maximum absolute atomic E-state index is 13.3. The Balaban J connectivity index is 2.50. The summed E-state index contributed by atoms with van der Waals surface area (Å²) in [6.07, 6.45) is 3.04. The van der Waals surface area contributed by atoms with E-state index in [-0.39, 0.29) is 17.0 Å². The van der Waals surface area contributed by atoms with Crippen molar-refractivity contribution in [2.45, 2.75) is 17.1 Å². The van der Waals surface area contributed by atoms with Crippen molar-refractivity contribution in [3.8, 4) is 0 Å². The average Bonchev–Trinajstić information content (AvgIpc) is 2.43. The van der Waals surface area contributed by atoms with E-state index in [1.807, 2.05) is 0 Å². The Morgan fingerprint density at radius 1 is 1.35 bits per heavy atom. The molecule has 6 heteroatoms. The maximum atomic E-state index is 13.3. The van der Waals surface area contributed by atoms with Crippen LogP contribution < -0.4 is 5.73 Å². The van der Waals surface area contributed by atoms with Crippen LogP contribution in [0, 0.1) is 12.7 Å². The summed E-state index contributed by atoms with van der Waals surface area (Å²) in [4.78, 5) is 3.98. The predicted octanol–water partition coefficient (Wildman–Crippen LogP) is 2.00. The van der Waals surface area contributed by atoms with Crippen LogP contribution in [-0.4, -0.2) is 19.9 Å². The summed E-state index contributed by atoms with van der Waals surface area (Å²) in [5.74, 6) is -0.436. The average molecular weight is 294 g/mol. The van der Waals surface area contributed by atoms with Gasteiger partial charge < -0.3 is 5.73 Å². The molecule has 0 unspecified atom stereocenters. The molecule has 0 spiro atoms. The smallest absolute Gasteiger partial charge is 0.186 e. The first kappa shape index (κ1) is 14.6. The van der Waals surface area contributed by atoms with E-state index in [9.17, 15) is 12.8 Å². The van der Waals surface area contributed by atoms with Gasteiger partial charge in [-0.15, -0.1) is 0 Å². The number of aromatic nitrogens is 1. The highest BCUT2D eigenvalue weighted by Gasteiger charge is 2.28. The van der Waals surface area contributed by atoms with E-state index in [2.05, 4.69) is 4.98 Å². The van der Waals surface area contributed by atoms with Crippen LogP contribution in [0.15, 0.2) is 47.6 Å². The van der Waals surface area contributed by atoms with E-state index >= 15 is 0 Å². The minimum Gasteiger partial charge on any atom is -0.329 e. The van der Waals surface area contributed by atoms with Gasteiger partial charge in [0.25, 0.3) is 0 Å². The van der Waals surface area contributed by atoms with Crippen molar-refractivity contribution in [2.24, 2.45) is 5.73 Å². The van der Waals surface area contributed by atoms with Crippen LogP contribution in [0.4, 0.5) is 4.39 Å². The number of nitrogens with two attached hydrogens (primary N) is 1. The van der Waals surface area contributed by atoms with E-state index in [4.69, 9.17) is 5.73 Å². The van der Waals surface area contributed by atoms with E-state index in [0.717, 1.165) is 6.07 Å². The Bertz CT molecular complexity index is 702. The van der Waals surface area contributed by atoms with Crippen molar-refractivity contribution in [1.82, 2.24) is 4.98 Å². The monoisotopic (exact) mass is 294 g/mol. The molecule has 1 aromatic heterocycles. The van der Waals surface area contributed by atoms with Gasteiger partial charge in [-0.05, 0) is 42.3 Å². The number of nitrogens with zero attached hydrogens (tertiary/aromatic N) is 1. The Kier molecular flexibility index (Phi) is 4.15. The predicted molar refractivity (Wildman–Crippen MR) is 74.4 cm³/mol. The van der Waals surface area contributed by atoms with Crippen molar-refractivity contribution in [3.05, 3.63) is 59.7 Å². The van der Waals surface area contributed by atoms with Gasteiger partial charge in [0.1, 0.15) is 11.1 Å². The summed E-state index contributed by atoms with van der Waals surface area (Å²) in [6, 6.07) is 7.06. The number of hydrogen-bond donors (Lipinski definition) is 1. The van der Waals surface area contributed by atoms with Crippen LogP contribution in [0.1, 0.15) is 16.4 Å². The number of sulfone groups is 1. The second kappa shape index (κ2) is 5.68. The summed E-state index contributed by atoms with van der Waals surface area (Å²) < 4.78 is 38.5. The first-order valence-electron chi connectivity index (χ1n) is 6.07. The van der Waals surface area contributed by atoms with Gasteiger partial charge in [-0.1, -0.05) is 6.07 Å². The van der Waals surface area contributed by atoms with Crippen LogP contribution in [0.25, 0.3) is 0 Å². The molecule has 20 heavy (non-hydrogen) atoms. The van der Waals surface area contributed by atoms with Gasteiger partial charge >= 0.3 is 0 Å². The molecule has 1 heterocycles. The number of aryl methyl sites for hydroxylation is 1. The molecule has 0 saturated heterocycles. The number of rotatable bonds is 4. The fourth-order valence-corrected chi connectivity index (χ4v) is 3.65. The Morgan fingerprint density at radius 2 is 2.10 bits per heavy atom. The largest absolute Gasteiger partial charge is 0.329 e. The molecule has 2 N–H and O–H groups in total. The second-order valence-electron chi connectivity index (χ2n) is 4.47. The number of benzene rings is 1. The van der Waals surface area contributed by atoms with Crippen molar-refractivity contribution < 1.29 is 12.8 Å². The van der Waals surface area contributed by atoms with Crippen molar-refractivity contribution in [2.75, 3.05) is 6.54 Å². The molecule has 0 radical (unpaired) electrons. The minimum absolute atomic E-state index is 0.0650. The van der Waals surface area contributed by atoms with E-state index in [1.165, 1.54) is 25.3 Å². The summed E-state index contributed by atoms with van der Waals surface area (Å²) in [5.41, 5.74) is 6.43. The van der Waals surface area contributed by atoms with Crippen LogP contribution in [0.3, 0.4) is 0 Å². The Morgan fingerprint density at radius 3 is 2.65 bits per heavy atom. The quantitative estimate of drug-likeness (QED) is 0.875. The van der Waals surface area contributed by atoms with Crippen molar-refractivity contribution >= 4 is 9.84 Å². The Hall–Kier alpha value is -1.79. The van der Waals surface area contributed by atoms with Crippen molar-refractivity contribution in [3.63, 3.8) is 0 Å². The molecule has 0 saturated carbocycles. The maximum Gasteiger partial charge on any atom is 0.186 e. The molecular weight excluding hydrogens is 279 g/mol. The summed E-state index contributed by atoms with van der Waals surface area (Å²) in [7, 11) is -3.68. The lowest BCUT2D eigenvalue weighted by atomic mass is 10.2. The van der Waals surface area contributed by atoms with E-state index in [0.29, 0.717) is 5.56 Å². The van der Waals surface area contributed by atoms with Gasteiger partial charge in [-0.3, -0.25) is 4.98 Å².